The SMILES string of the molecule is CCCCCCCCCCCCOc1c2cc(CCl)cc1Cc1cc(P(=O)(OC(C)C)OC(C)C)cc(c1OCCCCCCCCCCCC)Cc1cc(CCl)cc(c1OCCCCCCCCCCCC)Cc1cc(P(=O)(OC(C)C)OC(C)C)cc(c1OCCCCCCCCCCCC)C2. The number of benzene rings is 4. The topological polar surface area (TPSA) is 108 Å². The highest BCUT2D eigenvalue weighted by Crippen LogP contribution is 2.53. The van der Waals surface area contributed by atoms with Crippen molar-refractivity contribution in [2.75, 3.05) is 26.4 Å². The van der Waals surface area contributed by atoms with Gasteiger partial charge in [0.25, 0.3) is 0 Å². The molecular weight excluding hydrogens is 1370 g/mol. The number of hydrogen-bond donors (Lipinski definition) is 0. The summed E-state index contributed by atoms with van der Waals surface area (Å²) in [6, 6.07) is 16.9. The molecule has 592 valence electrons. The van der Waals surface area contributed by atoms with Crippen LogP contribution in [0.1, 0.15) is 396 Å². The molecule has 0 unspecified atom stereocenters. The molecule has 10 nitrogen and oxygen atoms in total. The molecule has 1 aliphatic rings. The van der Waals surface area contributed by atoms with Crippen molar-refractivity contribution in [2.24, 2.45) is 0 Å². The number of fused-ring (bicyclic) bond motifs is 8. The highest BCUT2D eigenvalue weighted by molar-refractivity contribution is 7.62. The summed E-state index contributed by atoms with van der Waals surface area (Å²) in [5, 5.41) is 0.951. The van der Waals surface area contributed by atoms with Gasteiger partial charge >= 0.3 is 15.2 Å². The van der Waals surface area contributed by atoms with Crippen LogP contribution in [-0.2, 0) is 64.7 Å². The fraction of sp³-hybridized carbons (Fsp3) is 0.733. The molecule has 14 heteroatoms. The fourth-order valence-electron chi connectivity index (χ4n) is 14.7. The van der Waals surface area contributed by atoms with Gasteiger partial charge in [-0.15, -0.1) is 23.2 Å². The first kappa shape index (κ1) is 91.6. The molecule has 0 spiro atoms. The van der Waals surface area contributed by atoms with Crippen molar-refractivity contribution >= 4 is 49.0 Å². The van der Waals surface area contributed by atoms with E-state index >= 15 is 9.13 Å². The van der Waals surface area contributed by atoms with E-state index in [1.807, 2.05) is 79.7 Å². The highest BCUT2D eigenvalue weighted by atomic mass is 35.5. The zero-order valence-electron chi connectivity index (χ0n) is 68.0. The predicted octanol–water partition coefficient (Wildman–Crippen LogP) is 28.4. The van der Waals surface area contributed by atoms with E-state index in [9.17, 15) is 0 Å². The number of hydrogen-bond acceptors (Lipinski definition) is 10. The van der Waals surface area contributed by atoms with Crippen molar-refractivity contribution in [3.8, 4) is 23.0 Å². The first-order valence-corrected chi connectivity index (χ1v) is 46.7. The maximum absolute atomic E-state index is 16.0. The lowest BCUT2D eigenvalue weighted by Crippen LogP contribution is -2.20. The molecule has 8 bridgehead atoms. The van der Waals surface area contributed by atoms with Crippen molar-refractivity contribution in [1.29, 1.82) is 0 Å². The molecule has 4 aromatic carbocycles. The predicted molar refractivity (Wildman–Crippen MR) is 445 cm³/mol. The summed E-state index contributed by atoms with van der Waals surface area (Å²) >= 11 is 14.3. The fourth-order valence-corrected chi connectivity index (χ4v) is 19.0. The van der Waals surface area contributed by atoms with Crippen molar-refractivity contribution in [3.05, 3.63) is 104 Å². The molecule has 0 radical (unpaired) electrons. The van der Waals surface area contributed by atoms with Gasteiger partial charge in [0.15, 0.2) is 0 Å². The third kappa shape index (κ3) is 34.9. The van der Waals surface area contributed by atoms with Crippen LogP contribution < -0.4 is 29.6 Å². The normalized spacial score (nSPS) is 12.8. The Morgan fingerprint density at radius 1 is 0.269 bits per heavy atom. The average molecular weight is 1520 g/mol. The van der Waals surface area contributed by atoms with Crippen molar-refractivity contribution < 1.29 is 46.2 Å². The molecule has 0 heterocycles. The summed E-state index contributed by atoms with van der Waals surface area (Å²) in [6.07, 6.45) is 48.1. The summed E-state index contributed by atoms with van der Waals surface area (Å²) in [4.78, 5) is 0. The molecule has 5 rings (SSSR count). The molecule has 0 fully saturated rings. The maximum atomic E-state index is 16.0. The Morgan fingerprint density at radius 3 is 0.596 bits per heavy atom. The second-order valence-corrected chi connectivity index (χ2v) is 35.8. The van der Waals surface area contributed by atoms with Gasteiger partial charge in [0.05, 0.1) is 61.5 Å². The van der Waals surface area contributed by atoms with Crippen LogP contribution in [0.4, 0.5) is 0 Å². The maximum Gasteiger partial charge on any atom is 0.361 e. The van der Waals surface area contributed by atoms with E-state index in [-0.39, 0.29) is 11.8 Å². The van der Waals surface area contributed by atoms with Crippen LogP contribution in [0.3, 0.4) is 0 Å². The van der Waals surface area contributed by atoms with Crippen LogP contribution in [0, 0.1) is 0 Å². The minimum absolute atomic E-state index is 0.248. The Kier molecular flexibility index (Phi) is 47.3. The van der Waals surface area contributed by atoms with Crippen molar-refractivity contribution in [3.63, 3.8) is 0 Å². The standard InChI is InChI=1S/C90H148Cl2O10P2/c1-13-17-21-25-29-33-37-41-45-49-53-95-87-77-57-75(69-91)58-78(87)62-82-66-86(104(94,101-73(9)10)102-74(11)12)68-84(90(82)98-56-52-48-44-40-36-32-28-24-20-16-4)64-80-60-76(70-92)59-79(88(80)96-54-50-46-42-38-34-30-26-22-18-14-2)63-83-67-85(103(93,99-71(5)6)100-72(7)8)65-81(61-77)89(83)97-55-51-47-43-39-35-31-27-23-19-15-3/h57-60,65-68,71-74H,13-56,61-64,69-70H2,1-12H3. The minimum atomic E-state index is -4.01. The molecule has 0 saturated carbocycles. The number of ether oxygens (including phenoxy) is 4. The third-order valence-electron chi connectivity index (χ3n) is 19.9. The molecule has 0 amide bonds. The van der Waals surface area contributed by atoms with Gasteiger partial charge in [-0.2, -0.15) is 0 Å². The van der Waals surface area contributed by atoms with Gasteiger partial charge in [-0.25, -0.2) is 0 Å². The van der Waals surface area contributed by atoms with E-state index in [0.29, 0.717) is 62.7 Å². The number of halogens is 2. The lowest BCUT2D eigenvalue weighted by atomic mass is 9.90. The number of rotatable bonds is 60. The monoisotopic (exact) mass is 1520 g/mol. The second-order valence-electron chi connectivity index (χ2n) is 31.4. The van der Waals surface area contributed by atoms with Crippen LogP contribution in [0.15, 0.2) is 48.5 Å². The van der Waals surface area contributed by atoms with Gasteiger partial charge < -0.3 is 37.0 Å². The Balaban J connectivity index is 1.84. The van der Waals surface area contributed by atoms with Gasteiger partial charge in [0.1, 0.15) is 23.0 Å². The van der Waals surface area contributed by atoms with Gasteiger partial charge in [0.2, 0.25) is 0 Å². The van der Waals surface area contributed by atoms with Crippen LogP contribution in [-0.4, -0.2) is 50.8 Å². The number of alkyl halides is 2. The van der Waals surface area contributed by atoms with Crippen LogP contribution >= 0.6 is 38.4 Å². The third-order valence-corrected chi connectivity index (χ3v) is 25.1. The molecule has 1 aliphatic carbocycles. The molecule has 0 aromatic heterocycles. The molecule has 104 heavy (non-hydrogen) atoms. The summed E-state index contributed by atoms with van der Waals surface area (Å²) < 4.78 is 87.6. The van der Waals surface area contributed by atoms with E-state index < -0.39 is 39.6 Å². The summed E-state index contributed by atoms with van der Waals surface area (Å²) in [5.74, 6) is 3.52. The van der Waals surface area contributed by atoms with Crippen LogP contribution in [0.2, 0.25) is 0 Å². The minimum Gasteiger partial charge on any atom is -0.493 e. The Hall–Kier alpha value is -3.04. The smallest absolute Gasteiger partial charge is 0.361 e. The van der Waals surface area contributed by atoms with Crippen LogP contribution in [0.5, 0.6) is 23.0 Å². The van der Waals surface area contributed by atoms with Crippen LogP contribution in [0.25, 0.3) is 0 Å². The Morgan fingerprint density at radius 2 is 0.433 bits per heavy atom. The van der Waals surface area contributed by atoms with Gasteiger partial charge in [-0.1, -0.05) is 283 Å². The molecule has 0 atom stereocenters. The summed E-state index contributed by atoms with van der Waals surface area (Å²) in [7, 11) is -8.01. The summed E-state index contributed by atoms with van der Waals surface area (Å²) in [5.41, 5.74) is 8.98. The van der Waals surface area contributed by atoms with E-state index in [1.54, 1.807) is 0 Å². The zero-order valence-corrected chi connectivity index (χ0v) is 71.3. The first-order valence-electron chi connectivity index (χ1n) is 42.6. The lowest BCUT2D eigenvalue weighted by molar-refractivity contribution is 0.149. The lowest BCUT2D eigenvalue weighted by Gasteiger charge is -2.27. The second kappa shape index (κ2) is 53.7. The molecule has 0 aliphatic heterocycles. The van der Waals surface area contributed by atoms with E-state index in [0.717, 1.165) is 156 Å². The van der Waals surface area contributed by atoms with E-state index in [1.165, 1.54) is 180 Å². The number of unbranched alkanes of at least 4 members (excludes halogenated alkanes) is 36. The highest BCUT2D eigenvalue weighted by Gasteiger charge is 2.36. The Labute approximate surface area is 646 Å². The van der Waals surface area contributed by atoms with E-state index in [4.69, 9.17) is 60.2 Å². The largest absolute Gasteiger partial charge is 0.493 e. The average Bonchev–Trinajstić information content (AvgIpc) is 0.766. The van der Waals surface area contributed by atoms with Gasteiger partial charge in [0, 0.05) is 37.4 Å². The van der Waals surface area contributed by atoms with E-state index in [2.05, 4.69) is 52.0 Å². The summed E-state index contributed by atoms with van der Waals surface area (Å²) in [6.45, 7) is 26.5. The molecular formula is C90H148Cl2O10P2. The Bertz CT molecular complexity index is 2730. The van der Waals surface area contributed by atoms with Gasteiger partial charge in [-0.3, -0.25) is 9.13 Å². The van der Waals surface area contributed by atoms with Crippen molar-refractivity contribution in [1.82, 2.24) is 0 Å². The molecule has 0 saturated heterocycles. The van der Waals surface area contributed by atoms with Crippen molar-refractivity contribution in [2.45, 2.75) is 402 Å². The first-order chi connectivity index (χ1) is 50.4. The molecule has 0 N–H and O–H groups in total. The zero-order chi connectivity index (χ0) is 75.2. The quantitative estimate of drug-likeness (QED) is 0.0212. The van der Waals surface area contributed by atoms with Gasteiger partial charge in [-0.05, 0) is 161 Å². The molecule has 4 aromatic rings.